The average Bonchev–Trinajstić information content (AvgIpc) is 3.39. The highest BCUT2D eigenvalue weighted by molar-refractivity contribution is 7.47. The summed E-state index contributed by atoms with van der Waals surface area (Å²) in [4.78, 5) is 23.3. The van der Waals surface area contributed by atoms with E-state index in [1.807, 2.05) is 0 Å². The molecule has 0 bridgehead atoms. The number of esters is 1. The van der Waals surface area contributed by atoms with Crippen LogP contribution in [-0.2, 0) is 27.9 Å². The Morgan fingerprint density at radius 3 is 1.22 bits per heavy atom. The van der Waals surface area contributed by atoms with Gasteiger partial charge in [-0.1, -0.05) is 207 Å². The van der Waals surface area contributed by atoms with Crippen molar-refractivity contribution in [3.63, 3.8) is 0 Å². The number of carbonyl (C=O) groups excluding carboxylic acids is 1. The van der Waals surface area contributed by atoms with Gasteiger partial charge in [-0.05, 0) is 103 Å². The largest absolute Gasteiger partial charge is 0.472 e. The standard InChI is InChI=1S/C61H103O12P/c1-3-5-7-9-11-13-15-17-19-21-23-25-27-29-31-33-35-37-39-41-43-45-47-49-51-70-52-54(53-71-74(68,69)73-61-59(66)57(64)56(63)58(65)60(61)67)72-55(62)50-48-46-44-42-40-38-36-34-32-30-28-26-24-22-20-18-16-14-12-10-8-6-4-2/h5,7,11,13,16-19,22-25,29,31,35,37,41,43,54,56-61,63-67H,3-4,6,8-10,12,14-15,20-21,26-28,30,32-34,36,38-40,42,44-53H2,1-2H3,(H,68,69)/b7-5-,13-11-,18-16-,19-17-,24-22-,25-23-,31-29-,37-35-,43-41-. The predicted octanol–water partition coefficient (Wildman–Crippen LogP) is 14.0. The van der Waals surface area contributed by atoms with Crippen molar-refractivity contribution in [2.45, 2.75) is 249 Å². The number of aliphatic hydroxyl groups is 5. The van der Waals surface area contributed by atoms with Gasteiger partial charge in [-0.3, -0.25) is 13.8 Å². The van der Waals surface area contributed by atoms with E-state index in [0.717, 1.165) is 96.3 Å². The molecule has 0 heterocycles. The highest BCUT2D eigenvalue weighted by atomic mass is 31.2. The maximum absolute atomic E-state index is 12.9. The minimum absolute atomic E-state index is 0.114. The fraction of sp³-hybridized carbons (Fsp3) is 0.689. The van der Waals surface area contributed by atoms with Crippen molar-refractivity contribution in [2.75, 3.05) is 19.8 Å². The summed E-state index contributed by atoms with van der Waals surface area (Å²) in [6, 6.07) is 0. The second-order valence-corrected chi connectivity index (χ2v) is 20.8. The number of carbonyl (C=O) groups is 1. The van der Waals surface area contributed by atoms with E-state index in [2.05, 4.69) is 123 Å². The molecule has 0 aromatic rings. The van der Waals surface area contributed by atoms with Gasteiger partial charge in [0.2, 0.25) is 0 Å². The second-order valence-electron chi connectivity index (χ2n) is 19.4. The van der Waals surface area contributed by atoms with E-state index in [1.54, 1.807) is 0 Å². The van der Waals surface area contributed by atoms with Gasteiger partial charge >= 0.3 is 13.8 Å². The number of hydrogen-bond donors (Lipinski definition) is 6. The van der Waals surface area contributed by atoms with E-state index in [-0.39, 0.29) is 13.0 Å². The molecule has 74 heavy (non-hydrogen) atoms. The van der Waals surface area contributed by atoms with Crippen molar-refractivity contribution >= 4 is 13.8 Å². The molecule has 1 fully saturated rings. The number of phosphoric ester groups is 1. The predicted molar refractivity (Wildman–Crippen MR) is 304 cm³/mol. The second kappa shape index (κ2) is 49.6. The lowest BCUT2D eigenvalue weighted by Crippen LogP contribution is -2.64. The molecule has 1 saturated carbocycles. The van der Waals surface area contributed by atoms with Gasteiger partial charge in [0, 0.05) is 13.0 Å². The van der Waals surface area contributed by atoms with Crippen LogP contribution in [0.3, 0.4) is 0 Å². The first-order valence-corrected chi connectivity index (χ1v) is 30.2. The summed E-state index contributed by atoms with van der Waals surface area (Å²) in [5, 5.41) is 50.4. The number of hydrogen-bond acceptors (Lipinski definition) is 11. The number of ether oxygens (including phenoxy) is 2. The van der Waals surface area contributed by atoms with Gasteiger partial charge in [0.1, 0.15) is 42.7 Å². The topological polar surface area (TPSA) is 192 Å². The Hall–Kier alpha value is -3.00. The number of allylic oxidation sites excluding steroid dienone is 18. The lowest BCUT2D eigenvalue weighted by atomic mass is 9.85. The Kier molecular flexibility index (Phi) is 46.2. The first-order valence-electron chi connectivity index (χ1n) is 28.7. The molecule has 1 aliphatic rings. The van der Waals surface area contributed by atoms with Crippen molar-refractivity contribution in [3.8, 4) is 0 Å². The van der Waals surface area contributed by atoms with Crippen LogP contribution >= 0.6 is 7.82 Å². The molecule has 6 N–H and O–H groups in total. The lowest BCUT2D eigenvalue weighted by Gasteiger charge is -2.41. The van der Waals surface area contributed by atoms with Crippen LogP contribution in [0.4, 0.5) is 0 Å². The van der Waals surface area contributed by atoms with E-state index < -0.39 is 63.1 Å². The molecule has 0 aliphatic heterocycles. The molecule has 6 atom stereocenters. The van der Waals surface area contributed by atoms with Crippen molar-refractivity contribution in [3.05, 3.63) is 109 Å². The van der Waals surface area contributed by atoms with Crippen LogP contribution in [0.5, 0.6) is 0 Å². The average molecular weight is 1060 g/mol. The van der Waals surface area contributed by atoms with E-state index in [4.69, 9.17) is 18.5 Å². The molecule has 0 spiro atoms. The summed E-state index contributed by atoms with van der Waals surface area (Å²) in [6.45, 7) is 4.04. The Morgan fingerprint density at radius 1 is 0.446 bits per heavy atom. The fourth-order valence-electron chi connectivity index (χ4n) is 8.13. The fourth-order valence-corrected chi connectivity index (χ4v) is 9.10. The van der Waals surface area contributed by atoms with Gasteiger partial charge in [-0.15, -0.1) is 0 Å². The molecule has 0 amide bonds. The molecule has 424 valence electrons. The van der Waals surface area contributed by atoms with E-state index in [1.165, 1.54) is 83.5 Å². The highest BCUT2D eigenvalue weighted by Crippen LogP contribution is 2.47. The Bertz CT molecular complexity index is 1630. The Labute approximate surface area is 448 Å². The molecular weight excluding hydrogens is 956 g/mol. The molecule has 6 unspecified atom stereocenters. The SMILES string of the molecule is CC/C=C\C/C=C\C/C=C\C/C=C\C/C=C\C/C=C\C/C=C\CCCCOCC(COP(=O)(O)OC1C(O)C(O)C(O)C(O)C1O)OC(=O)CCCCCCCCCCCCC/C=C\C/C=C\CCCCCCC. The van der Waals surface area contributed by atoms with Crippen LogP contribution < -0.4 is 0 Å². The number of aliphatic hydroxyl groups excluding tert-OH is 5. The first-order chi connectivity index (χ1) is 36.0. The van der Waals surface area contributed by atoms with Crippen molar-refractivity contribution in [1.29, 1.82) is 0 Å². The summed E-state index contributed by atoms with van der Waals surface area (Å²) < 4.78 is 34.3. The van der Waals surface area contributed by atoms with Crippen LogP contribution in [0, 0.1) is 0 Å². The molecule has 0 saturated heterocycles. The molecule has 0 radical (unpaired) electrons. The van der Waals surface area contributed by atoms with Gasteiger partial charge < -0.3 is 39.9 Å². The van der Waals surface area contributed by atoms with Crippen LogP contribution in [-0.4, -0.2) is 98.9 Å². The molecule has 1 rings (SSSR count). The van der Waals surface area contributed by atoms with E-state index in [0.29, 0.717) is 13.0 Å². The third kappa shape index (κ3) is 40.3. The first kappa shape index (κ1) is 69.0. The third-order valence-corrected chi connectivity index (χ3v) is 13.6. The van der Waals surface area contributed by atoms with Crippen LogP contribution in [0.15, 0.2) is 109 Å². The molecule has 13 heteroatoms. The Morgan fingerprint density at radius 2 is 0.797 bits per heavy atom. The molecule has 0 aromatic carbocycles. The summed E-state index contributed by atoms with van der Waals surface area (Å²) in [5.41, 5.74) is 0. The highest BCUT2D eigenvalue weighted by Gasteiger charge is 2.51. The number of phosphoric acid groups is 1. The van der Waals surface area contributed by atoms with Crippen LogP contribution in [0.25, 0.3) is 0 Å². The van der Waals surface area contributed by atoms with Crippen molar-refractivity contribution in [1.82, 2.24) is 0 Å². The minimum atomic E-state index is -5.05. The van der Waals surface area contributed by atoms with Crippen molar-refractivity contribution < 1.29 is 58.3 Å². The minimum Gasteiger partial charge on any atom is -0.457 e. The summed E-state index contributed by atoms with van der Waals surface area (Å²) in [5.74, 6) is -0.498. The van der Waals surface area contributed by atoms with Gasteiger partial charge in [-0.25, -0.2) is 4.57 Å². The van der Waals surface area contributed by atoms with Crippen LogP contribution in [0.1, 0.15) is 206 Å². The van der Waals surface area contributed by atoms with E-state index in [9.17, 15) is 39.8 Å². The quantitative estimate of drug-likeness (QED) is 0.0146. The van der Waals surface area contributed by atoms with Gasteiger partial charge in [-0.2, -0.15) is 0 Å². The maximum atomic E-state index is 12.9. The molecule has 12 nitrogen and oxygen atoms in total. The monoisotopic (exact) mass is 1060 g/mol. The normalized spacial score (nSPS) is 21.2. The summed E-state index contributed by atoms with van der Waals surface area (Å²) >= 11 is 0. The number of rotatable bonds is 48. The lowest BCUT2D eigenvalue weighted by molar-refractivity contribution is -0.220. The van der Waals surface area contributed by atoms with Gasteiger partial charge in [0.05, 0.1) is 13.2 Å². The van der Waals surface area contributed by atoms with E-state index >= 15 is 0 Å². The van der Waals surface area contributed by atoms with Crippen LogP contribution in [0.2, 0.25) is 0 Å². The summed E-state index contributed by atoms with van der Waals surface area (Å²) in [6.07, 6.45) is 58.7. The van der Waals surface area contributed by atoms with Gasteiger partial charge in [0.15, 0.2) is 0 Å². The van der Waals surface area contributed by atoms with Gasteiger partial charge in [0.25, 0.3) is 0 Å². The smallest absolute Gasteiger partial charge is 0.457 e. The maximum Gasteiger partial charge on any atom is 0.472 e. The third-order valence-electron chi connectivity index (χ3n) is 12.6. The zero-order valence-corrected chi connectivity index (χ0v) is 46.7. The molecule has 1 aliphatic carbocycles. The zero-order chi connectivity index (χ0) is 54.0. The van der Waals surface area contributed by atoms with Crippen molar-refractivity contribution in [2.24, 2.45) is 0 Å². The Balaban J connectivity index is 2.35. The molecule has 0 aromatic heterocycles. The zero-order valence-electron chi connectivity index (χ0n) is 45.8. The number of unbranched alkanes of at least 4 members (excludes halogenated alkanes) is 18. The summed E-state index contributed by atoms with van der Waals surface area (Å²) in [7, 11) is -5.05. The molecular formula is C61H103O12P.